The van der Waals surface area contributed by atoms with Gasteiger partial charge in [0.05, 0.1) is 6.42 Å². The minimum atomic E-state index is 0.191. The summed E-state index contributed by atoms with van der Waals surface area (Å²) < 4.78 is 0. The van der Waals surface area contributed by atoms with Crippen molar-refractivity contribution in [2.75, 3.05) is 6.54 Å². The summed E-state index contributed by atoms with van der Waals surface area (Å²) in [5.74, 6) is 0.680. The first-order valence-corrected chi connectivity index (χ1v) is 12.4. The van der Waals surface area contributed by atoms with Crippen LogP contribution in [0.1, 0.15) is 49.3 Å². The number of carbonyl (C=O) groups excluding carboxylic acids is 1. The minimum Gasteiger partial charge on any atom is -0.338 e. The molecule has 0 aliphatic carbocycles. The van der Waals surface area contributed by atoms with Crippen molar-refractivity contribution in [1.29, 1.82) is 0 Å². The maximum absolute atomic E-state index is 13.6. The lowest BCUT2D eigenvalue weighted by Gasteiger charge is -2.42. The first kappa shape index (κ1) is 23.0. The third kappa shape index (κ3) is 6.44. The number of unbranched alkanes of at least 4 members (excludes halogenated alkanes) is 1. The molecule has 1 aliphatic heterocycles. The van der Waals surface area contributed by atoms with Gasteiger partial charge in [-0.2, -0.15) is 0 Å². The van der Waals surface area contributed by atoms with Crippen LogP contribution in [0.5, 0.6) is 0 Å². The molecule has 1 heterocycles. The summed E-state index contributed by atoms with van der Waals surface area (Å²) in [6.07, 6.45) is 8.22. The van der Waals surface area contributed by atoms with Crippen molar-refractivity contribution >= 4 is 12.0 Å². The van der Waals surface area contributed by atoms with Crippen LogP contribution in [-0.4, -0.2) is 23.4 Å². The summed E-state index contributed by atoms with van der Waals surface area (Å²) >= 11 is 0. The van der Waals surface area contributed by atoms with Gasteiger partial charge in [0, 0.05) is 12.6 Å². The van der Waals surface area contributed by atoms with E-state index in [0.717, 1.165) is 31.4 Å². The summed E-state index contributed by atoms with van der Waals surface area (Å²) in [5.41, 5.74) is 5.15. The molecule has 1 aliphatic rings. The maximum atomic E-state index is 13.6. The number of piperidine rings is 1. The lowest BCUT2D eigenvalue weighted by atomic mass is 9.81. The van der Waals surface area contributed by atoms with Crippen LogP contribution in [0.15, 0.2) is 96.6 Å². The van der Waals surface area contributed by atoms with Crippen molar-refractivity contribution in [1.82, 2.24) is 4.90 Å². The number of benzene rings is 3. The van der Waals surface area contributed by atoms with Crippen molar-refractivity contribution in [3.63, 3.8) is 0 Å². The van der Waals surface area contributed by atoms with Gasteiger partial charge in [0.1, 0.15) is 0 Å². The van der Waals surface area contributed by atoms with E-state index < -0.39 is 0 Å². The summed E-state index contributed by atoms with van der Waals surface area (Å²) in [6, 6.07) is 31.6. The van der Waals surface area contributed by atoms with Crippen LogP contribution in [0.4, 0.5) is 0 Å². The Morgan fingerprint density at radius 1 is 0.879 bits per heavy atom. The highest BCUT2D eigenvalue weighted by Crippen LogP contribution is 2.34. The van der Waals surface area contributed by atoms with Gasteiger partial charge >= 0.3 is 0 Å². The van der Waals surface area contributed by atoms with Crippen LogP contribution in [0.2, 0.25) is 0 Å². The normalized spacial score (nSPS) is 19.5. The lowest BCUT2D eigenvalue weighted by molar-refractivity contribution is -0.134. The van der Waals surface area contributed by atoms with Crippen molar-refractivity contribution in [2.45, 2.75) is 51.5 Å². The van der Waals surface area contributed by atoms with Gasteiger partial charge in [-0.05, 0) is 41.9 Å². The number of nitrogens with zero attached hydrogens (tertiary/aromatic N) is 1. The third-order valence-corrected chi connectivity index (χ3v) is 6.74. The van der Waals surface area contributed by atoms with Crippen LogP contribution >= 0.6 is 0 Å². The highest BCUT2D eigenvalue weighted by molar-refractivity contribution is 5.79. The first-order chi connectivity index (χ1) is 16.2. The Labute approximate surface area is 199 Å². The fraction of sp³-hybridized carbons (Fsp3) is 0.323. The molecule has 0 N–H and O–H groups in total. The largest absolute Gasteiger partial charge is 0.338 e. The van der Waals surface area contributed by atoms with Crippen molar-refractivity contribution < 1.29 is 4.79 Å². The summed E-state index contributed by atoms with van der Waals surface area (Å²) in [7, 11) is 0. The molecule has 2 nitrogen and oxygen atoms in total. The molecule has 2 heteroatoms. The standard InChI is InChI=1S/C31H35NO/c1-2-3-19-28-24-32(31(33)22-27-17-11-6-12-18-27)30(21-26-15-9-5-10-16-26)23-29(28)20-25-13-7-4-8-14-25/h4-18,20,28,30H,2-3,19,21-24H2,1H3/b29-20-/t28-,30+/m1/s1. The van der Waals surface area contributed by atoms with Crippen LogP contribution in [-0.2, 0) is 17.6 Å². The zero-order valence-electron chi connectivity index (χ0n) is 19.7. The van der Waals surface area contributed by atoms with Crippen LogP contribution in [0.25, 0.3) is 6.08 Å². The monoisotopic (exact) mass is 437 g/mol. The molecule has 1 amide bonds. The van der Waals surface area contributed by atoms with Gasteiger partial charge in [-0.15, -0.1) is 0 Å². The molecule has 2 atom stereocenters. The Bertz CT molecular complexity index is 1030. The van der Waals surface area contributed by atoms with E-state index in [1.54, 1.807) is 0 Å². The smallest absolute Gasteiger partial charge is 0.227 e. The number of rotatable bonds is 8. The van der Waals surface area contributed by atoms with E-state index in [0.29, 0.717) is 12.3 Å². The number of likely N-dealkylation sites (tertiary alicyclic amines) is 1. The molecule has 33 heavy (non-hydrogen) atoms. The summed E-state index contributed by atoms with van der Waals surface area (Å²) in [6.45, 7) is 3.07. The van der Waals surface area contributed by atoms with Crippen LogP contribution in [0, 0.1) is 5.92 Å². The van der Waals surface area contributed by atoms with E-state index in [1.165, 1.54) is 29.5 Å². The molecular weight excluding hydrogens is 402 g/mol. The zero-order chi connectivity index (χ0) is 22.9. The fourth-order valence-corrected chi connectivity index (χ4v) is 4.97. The SMILES string of the molecule is CCCC[C@@H]1CN(C(=O)Cc2ccccc2)[C@@H](Cc2ccccc2)C/C1=C/c1ccccc1. The average molecular weight is 438 g/mol. The van der Waals surface area contributed by atoms with Crippen molar-refractivity contribution in [2.24, 2.45) is 5.92 Å². The highest BCUT2D eigenvalue weighted by Gasteiger charge is 2.34. The summed E-state index contributed by atoms with van der Waals surface area (Å²) in [4.78, 5) is 15.8. The molecule has 170 valence electrons. The predicted molar refractivity (Wildman–Crippen MR) is 138 cm³/mol. The van der Waals surface area contributed by atoms with Gasteiger partial charge in [0.25, 0.3) is 0 Å². The third-order valence-electron chi connectivity index (χ3n) is 6.74. The lowest BCUT2D eigenvalue weighted by Crippen LogP contribution is -2.49. The molecule has 3 aromatic rings. The number of amides is 1. The Morgan fingerprint density at radius 2 is 1.48 bits per heavy atom. The van der Waals surface area contributed by atoms with Crippen LogP contribution < -0.4 is 0 Å². The Balaban J connectivity index is 1.62. The fourth-order valence-electron chi connectivity index (χ4n) is 4.97. The molecule has 0 bridgehead atoms. The molecule has 0 spiro atoms. The molecule has 0 aromatic heterocycles. The van der Waals surface area contributed by atoms with Gasteiger partial charge in [0.15, 0.2) is 0 Å². The number of hydrogen-bond acceptors (Lipinski definition) is 1. The van der Waals surface area contributed by atoms with E-state index in [4.69, 9.17) is 0 Å². The quantitative estimate of drug-likeness (QED) is 0.373. The molecule has 3 aromatic carbocycles. The second-order valence-corrected chi connectivity index (χ2v) is 9.23. The second-order valence-electron chi connectivity index (χ2n) is 9.23. The van der Waals surface area contributed by atoms with Gasteiger partial charge < -0.3 is 4.90 Å². The number of hydrogen-bond donors (Lipinski definition) is 0. The van der Waals surface area contributed by atoms with Crippen LogP contribution in [0.3, 0.4) is 0 Å². The first-order valence-electron chi connectivity index (χ1n) is 12.4. The number of carbonyl (C=O) groups is 1. The van der Waals surface area contributed by atoms with E-state index in [1.807, 2.05) is 18.2 Å². The van der Waals surface area contributed by atoms with Gasteiger partial charge in [-0.25, -0.2) is 0 Å². The van der Waals surface area contributed by atoms with E-state index in [9.17, 15) is 4.79 Å². The minimum absolute atomic E-state index is 0.191. The molecule has 1 saturated heterocycles. The Kier molecular flexibility index (Phi) is 8.14. The molecule has 0 saturated carbocycles. The average Bonchev–Trinajstić information content (AvgIpc) is 2.85. The maximum Gasteiger partial charge on any atom is 0.227 e. The Hall–Kier alpha value is -3.13. The molecule has 0 radical (unpaired) electrons. The highest BCUT2D eigenvalue weighted by atomic mass is 16.2. The van der Waals surface area contributed by atoms with Crippen molar-refractivity contribution in [3.05, 3.63) is 113 Å². The van der Waals surface area contributed by atoms with E-state index >= 15 is 0 Å². The topological polar surface area (TPSA) is 20.3 Å². The van der Waals surface area contributed by atoms with E-state index in [2.05, 4.69) is 90.7 Å². The molecule has 0 unspecified atom stereocenters. The second kappa shape index (κ2) is 11.7. The predicted octanol–water partition coefficient (Wildman–Crippen LogP) is 6.96. The van der Waals surface area contributed by atoms with E-state index in [-0.39, 0.29) is 11.9 Å². The molecular formula is C31H35NO. The van der Waals surface area contributed by atoms with Gasteiger partial charge in [-0.1, -0.05) is 122 Å². The van der Waals surface area contributed by atoms with Crippen molar-refractivity contribution in [3.8, 4) is 0 Å². The zero-order valence-corrected chi connectivity index (χ0v) is 19.7. The molecule has 1 fully saturated rings. The van der Waals surface area contributed by atoms with Gasteiger partial charge in [0.2, 0.25) is 5.91 Å². The van der Waals surface area contributed by atoms with Gasteiger partial charge in [-0.3, -0.25) is 4.79 Å². The Morgan fingerprint density at radius 3 is 2.12 bits per heavy atom. The summed E-state index contributed by atoms with van der Waals surface area (Å²) in [5, 5.41) is 0. The molecule has 4 rings (SSSR count).